The van der Waals surface area contributed by atoms with E-state index in [2.05, 4.69) is 10.3 Å². The first-order valence-electron chi connectivity index (χ1n) is 5.50. The summed E-state index contributed by atoms with van der Waals surface area (Å²) >= 11 is 0. The topological polar surface area (TPSA) is 97.5 Å². The fraction of sp³-hybridized carbons (Fsp3) is 0.250. The molecule has 1 aliphatic heterocycles. The Morgan fingerprint density at radius 3 is 2.37 bits per heavy atom. The lowest BCUT2D eigenvalue weighted by molar-refractivity contribution is -0.222. The molecule has 0 radical (unpaired) electrons. The van der Waals surface area contributed by atoms with Crippen LogP contribution in [-0.4, -0.2) is 22.7 Å². The van der Waals surface area contributed by atoms with Gasteiger partial charge in [0.2, 0.25) is 5.56 Å². The van der Waals surface area contributed by atoms with Gasteiger partial charge in [0.15, 0.2) is 5.57 Å². The van der Waals surface area contributed by atoms with Crippen LogP contribution in [0.1, 0.15) is 13.8 Å². The van der Waals surface area contributed by atoms with Crippen molar-refractivity contribution in [3.63, 3.8) is 0 Å². The number of hydrogen-bond donors (Lipinski definition) is 2. The fourth-order valence-corrected chi connectivity index (χ4v) is 1.46. The van der Waals surface area contributed by atoms with Gasteiger partial charge in [-0.2, -0.15) is 0 Å². The quantitative estimate of drug-likeness (QED) is 0.459. The predicted octanol–water partition coefficient (Wildman–Crippen LogP) is 0.507. The molecule has 0 saturated carbocycles. The highest BCUT2D eigenvalue weighted by Gasteiger charge is 2.38. The maximum Gasteiger partial charge on any atom is 0.350 e. The van der Waals surface area contributed by atoms with Gasteiger partial charge in [-0.25, -0.2) is 9.59 Å². The van der Waals surface area contributed by atoms with Crippen LogP contribution < -0.4 is 10.9 Å². The minimum absolute atomic E-state index is 0.274. The number of aromatic nitrogens is 1. The zero-order chi connectivity index (χ0) is 14.0. The van der Waals surface area contributed by atoms with E-state index in [0.717, 1.165) is 6.20 Å². The second-order valence-corrected chi connectivity index (χ2v) is 4.31. The highest BCUT2D eigenvalue weighted by molar-refractivity contribution is 6.15. The van der Waals surface area contributed by atoms with Crippen molar-refractivity contribution in [3.8, 4) is 0 Å². The van der Waals surface area contributed by atoms with Crippen molar-refractivity contribution in [2.45, 2.75) is 19.6 Å². The summed E-state index contributed by atoms with van der Waals surface area (Å²) in [5, 5.41) is 2.62. The summed E-state index contributed by atoms with van der Waals surface area (Å²) < 4.78 is 9.81. The number of anilines is 1. The van der Waals surface area contributed by atoms with Crippen LogP contribution in [0.25, 0.3) is 0 Å². The monoisotopic (exact) mass is 264 g/mol. The van der Waals surface area contributed by atoms with Crippen LogP contribution in [0.5, 0.6) is 0 Å². The van der Waals surface area contributed by atoms with Crippen LogP contribution in [0.3, 0.4) is 0 Å². The standard InChI is InChI=1S/C12H12N2O5/c1-12(2)18-10(16)7(11(17)19-12)6-13-8-4-3-5-9(15)14-8/h3-6H,1-2H3,(H2,13,14,15). The summed E-state index contributed by atoms with van der Waals surface area (Å²) in [6, 6.07) is 4.44. The molecule has 1 fully saturated rings. The molecule has 0 atom stereocenters. The van der Waals surface area contributed by atoms with Gasteiger partial charge in [0.05, 0.1) is 0 Å². The van der Waals surface area contributed by atoms with E-state index < -0.39 is 17.7 Å². The highest BCUT2D eigenvalue weighted by Crippen LogP contribution is 2.22. The number of ether oxygens (including phenoxy) is 2. The largest absolute Gasteiger partial charge is 0.419 e. The summed E-state index contributed by atoms with van der Waals surface area (Å²) in [5.74, 6) is -2.50. The van der Waals surface area contributed by atoms with Crippen LogP contribution in [0.15, 0.2) is 34.8 Å². The Morgan fingerprint density at radius 2 is 1.79 bits per heavy atom. The van der Waals surface area contributed by atoms with Crippen LogP contribution in [0.2, 0.25) is 0 Å². The third-order valence-corrected chi connectivity index (χ3v) is 2.26. The number of aromatic amines is 1. The summed E-state index contributed by atoms with van der Waals surface area (Å²) in [7, 11) is 0. The van der Waals surface area contributed by atoms with Gasteiger partial charge in [0, 0.05) is 26.1 Å². The Hall–Kier alpha value is -2.57. The molecule has 19 heavy (non-hydrogen) atoms. The average Bonchev–Trinajstić information content (AvgIpc) is 2.26. The molecule has 1 aromatic heterocycles. The number of nitrogens with one attached hydrogen (secondary N) is 2. The Labute approximate surface area is 108 Å². The van der Waals surface area contributed by atoms with E-state index in [1.165, 1.54) is 26.0 Å². The van der Waals surface area contributed by atoms with E-state index in [9.17, 15) is 14.4 Å². The summed E-state index contributed by atoms with van der Waals surface area (Å²) in [6.45, 7) is 2.92. The van der Waals surface area contributed by atoms with Crippen molar-refractivity contribution in [1.82, 2.24) is 4.98 Å². The van der Waals surface area contributed by atoms with Gasteiger partial charge in [-0.05, 0) is 6.07 Å². The maximum atomic E-state index is 11.6. The third-order valence-electron chi connectivity index (χ3n) is 2.26. The van der Waals surface area contributed by atoms with E-state index in [1.54, 1.807) is 6.07 Å². The molecule has 2 rings (SSSR count). The number of carbonyl (C=O) groups is 2. The maximum absolute atomic E-state index is 11.6. The Balaban J connectivity index is 2.18. The van der Waals surface area contributed by atoms with Gasteiger partial charge in [-0.3, -0.25) is 4.79 Å². The minimum atomic E-state index is -1.27. The summed E-state index contributed by atoms with van der Waals surface area (Å²) in [6.07, 6.45) is 1.13. The van der Waals surface area contributed by atoms with Gasteiger partial charge in [0.1, 0.15) is 5.82 Å². The van der Waals surface area contributed by atoms with Crippen LogP contribution in [0, 0.1) is 0 Å². The van der Waals surface area contributed by atoms with Crippen molar-refractivity contribution in [2.75, 3.05) is 5.32 Å². The Kier molecular flexibility index (Phi) is 3.12. The van der Waals surface area contributed by atoms with Crippen molar-refractivity contribution in [3.05, 3.63) is 40.3 Å². The van der Waals surface area contributed by atoms with E-state index in [1.807, 2.05) is 0 Å². The smallest absolute Gasteiger partial charge is 0.350 e. The number of rotatable bonds is 2. The van der Waals surface area contributed by atoms with Crippen molar-refractivity contribution in [1.29, 1.82) is 0 Å². The molecule has 0 bridgehead atoms. The van der Waals surface area contributed by atoms with Crippen LogP contribution in [-0.2, 0) is 19.1 Å². The number of hydrogen-bond acceptors (Lipinski definition) is 6. The number of carbonyl (C=O) groups excluding carboxylic acids is 2. The highest BCUT2D eigenvalue weighted by atomic mass is 16.7. The molecule has 0 aromatic carbocycles. The molecular weight excluding hydrogens is 252 g/mol. The van der Waals surface area contributed by atoms with Gasteiger partial charge >= 0.3 is 11.9 Å². The van der Waals surface area contributed by atoms with E-state index in [4.69, 9.17) is 9.47 Å². The molecule has 1 saturated heterocycles. The molecule has 1 aliphatic rings. The number of H-pyrrole nitrogens is 1. The SMILES string of the molecule is CC1(C)OC(=O)C(=CNc2cccc(=O)[nH]2)C(=O)O1. The molecule has 7 nitrogen and oxygen atoms in total. The van der Waals surface area contributed by atoms with E-state index >= 15 is 0 Å². The van der Waals surface area contributed by atoms with Gasteiger partial charge in [-0.15, -0.1) is 0 Å². The zero-order valence-corrected chi connectivity index (χ0v) is 10.4. The van der Waals surface area contributed by atoms with Gasteiger partial charge < -0.3 is 19.8 Å². The van der Waals surface area contributed by atoms with Gasteiger partial charge in [-0.1, -0.05) is 6.07 Å². The lowest BCUT2D eigenvalue weighted by Gasteiger charge is -2.29. The molecule has 7 heteroatoms. The molecular formula is C12H12N2O5. The van der Waals surface area contributed by atoms with Crippen LogP contribution in [0.4, 0.5) is 5.82 Å². The van der Waals surface area contributed by atoms with Gasteiger partial charge in [0.25, 0.3) is 5.79 Å². The normalized spacial score (nSPS) is 17.5. The van der Waals surface area contributed by atoms with E-state index in [0.29, 0.717) is 5.82 Å². The minimum Gasteiger partial charge on any atom is -0.419 e. The van der Waals surface area contributed by atoms with Crippen molar-refractivity contribution < 1.29 is 19.1 Å². The van der Waals surface area contributed by atoms with Crippen molar-refractivity contribution in [2.24, 2.45) is 0 Å². The third kappa shape index (κ3) is 3.01. The fourth-order valence-electron chi connectivity index (χ4n) is 1.46. The molecule has 0 aliphatic carbocycles. The van der Waals surface area contributed by atoms with E-state index in [-0.39, 0.29) is 11.1 Å². The molecule has 0 amide bonds. The number of cyclic esters (lactones) is 2. The summed E-state index contributed by atoms with van der Waals surface area (Å²) in [4.78, 5) is 36.7. The molecule has 0 unspecified atom stereocenters. The second kappa shape index (κ2) is 4.60. The Bertz CT molecular complexity index is 593. The first-order chi connectivity index (χ1) is 8.87. The molecule has 0 spiro atoms. The summed E-state index contributed by atoms with van der Waals surface area (Å²) in [5.41, 5.74) is -0.581. The Morgan fingerprint density at radius 1 is 1.16 bits per heavy atom. The zero-order valence-electron chi connectivity index (χ0n) is 10.4. The molecule has 1 aromatic rings. The molecule has 2 heterocycles. The number of pyridine rings is 1. The lowest BCUT2D eigenvalue weighted by Crippen LogP contribution is -2.42. The first-order valence-corrected chi connectivity index (χ1v) is 5.50. The molecule has 2 N–H and O–H groups in total. The first kappa shape index (κ1) is 12.9. The van der Waals surface area contributed by atoms with Crippen molar-refractivity contribution >= 4 is 17.8 Å². The molecule has 100 valence electrons. The van der Waals surface area contributed by atoms with Crippen LogP contribution >= 0.6 is 0 Å². The lowest BCUT2D eigenvalue weighted by atomic mass is 10.2. The second-order valence-electron chi connectivity index (χ2n) is 4.31. The number of esters is 2. The predicted molar refractivity (Wildman–Crippen MR) is 65.0 cm³/mol. The average molecular weight is 264 g/mol.